The molecule has 0 saturated carbocycles. The molecule has 10 nitrogen and oxygen atoms in total. The fraction of sp³-hybridized carbons (Fsp3) is 0.417. The predicted octanol–water partition coefficient (Wildman–Crippen LogP) is 7.12. The van der Waals surface area contributed by atoms with Crippen molar-refractivity contribution >= 4 is 11.6 Å². The Kier molecular flexibility index (Phi) is 11.9. The summed E-state index contributed by atoms with van der Waals surface area (Å²) < 4.78 is 9.62. The highest BCUT2D eigenvalue weighted by molar-refractivity contribution is 6.30. The number of tetrazole rings is 1. The van der Waals surface area contributed by atoms with Crippen molar-refractivity contribution in [3.8, 4) is 22.5 Å². The van der Waals surface area contributed by atoms with Crippen molar-refractivity contribution in [1.29, 1.82) is 0 Å². The lowest BCUT2D eigenvalue weighted by Crippen LogP contribution is -2.23. The fourth-order valence-corrected chi connectivity index (χ4v) is 6.16. The van der Waals surface area contributed by atoms with Crippen LogP contribution in [0.3, 0.4) is 0 Å². The molecule has 0 fully saturated rings. The zero-order valence-electron chi connectivity index (χ0n) is 28.0. The number of ether oxygens (including phenoxy) is 1. The molecule has 11 heteroatoms. The number of hydrogen-bond acceptors (Lipinski definition) is 8. The summed E-state index contributed by atoms with van der Waals surface area (Å²) in [5.74, 6) is 1.43. The van der Waals surface area contributed by atoms with Crippen molar-refractivity contribution < 1.29 is 9.84 Å². The van der Waals surface area contributed by atoms with Gasteiger partial charge < -0.3 is 14.4 Å². The van der Waals surface area contributed by atoms with Gasteiger partial charge in [-0.1, -0.05) is 87.3 Å². The van der Waals surface area contributed by atoms with Gasteiger partial charge in [-0.25, -0.2) is 4.98 Å². The van der Waals surface area contributed by atoms with Gasteiger partial charge in [0.05, 0.1) is 17.1 Å². The molecule has 0 amide bonds. The fourth-order valence-electron chi connectivity index (χ4n) is 5.85. The Morgan fingerprint density at radius 3 is 2.45 bits per heavy atom. The molecule has 3 heterocycles. The second kappa shape index (κ2) is 16.2. The third kappa shape index (κ3) is 7.96. The Labute approximate surface area is 282 Å². The topological polar surface area (TPSA) is 107 Å². The van der Waals surface area contributed by atoms with E-state index in [1.54, 1.807) is 4.68 Å². The number of pyridine rings is 1. The second-order valence-electron chi connectivity index (χ2n) is 11.6. The van der Waals surface area contributed by atoms with E-state index in [1.165, 1.54) is 0 Å². The van der Waals surface area contributed by atoms with Gasteiger partial charge in [0, 0.05) is 31.7 Å². The molecule has 0 aliphatic heterocycles. The van der Waals surface area contributed by atoms with Crippen molar-refractivity contribution in [2.75, 3.05) is 19.7 Å². The lowest BCUT2D eigenvalue weighted by atomic mass is 9.96. The summed E-state index contributed by atoms with van der Waals surface area (Å²) in [7, 11) is 0. The first kappa shape index (κ1) is 34.4. The van der Waals surface area contributed by atoms with Crippen LogP contribution in [-0.2, 0) is 24.2 Å². The minimum absolute atomic E-state index is 0.287. The van der Waals surface area contributed by atoms with Crippen molar-refractivity contribution in [2.24, 2.45) is 0 Å². The zero-order valence-corrected chi connectivity index (χ0v) is 28.7. The van der Waals surface area contributed by atoms with Crippen LogP contribution in [0.15, 0.2) is 66.7 Å². The molecule has 3 aromatic heterocycles. The van der Waals surface area contributed by atoms with Crippen molar-refractivity contribution in [3.05, 3.63) is 100 Å². The van der Waals surface area contributed by atoms with E-state index in [9.17, 15) is 5.11 Å². The maximum absolute atomic E-state index is 11.8. The highest BCUT2D eigenvalue weighted by Gasteiger charge is 2.26. The normalized spacial score (nSPS) is 12.9. The Balaban J connectivity index is 1.58. The van der Waals surface area contributed by atoms with Crippen LogP contribution in [-0.4, -0.2) is 64.4 Å². The summed E-state index contributed by atoms with van der Waals surface area (Å²) in [5, 5.41) is 24.8. The van der Waals surface area contributed by atoms with Crippen LogP contribution in [0.1, 0.15) is 88.3 Å². The van der Waals surface area contributed by atoms with E-state index in [-0.39, 0.29) is 11.4 Å². The molecule has 1 N–H and O–H groups in total. The van der Waals surface area contributed by atoms with Crippen LogP contribution in [0, 0.1) is 0 Å². The number of aryl methyl sites for hydroxylation is 1. The maximum Gasteiger partial charge on any atom is 0.185 e. The summed E-state index contributed by atoms with van der Waals surface area (Å²) >= 11 is 6.84. The van der Waals surface area contributed by atoms with Crippen LogP contribution in [0.5, 0.6) is 0 Å². The van der Waals surface area contributed by atoms with Gasteiger partial charge in [0.25, 0.3) is 0 Å². The molecule has 47 heavy (non-hydrogen) atoms. The number of benzene rings is 2. The summed E-state index contributed by atoms with van der Waals surface area (Å²) in [6, 6.07) is 22.3. The lowest BCUT2D eigenvalue weighted by molar-refractivity contribution is 0.0159. The molecule has 0 aliphatic rings. The maximum atomic E-state index is 11.8. The van der Waals surface area contributed by atoms with Crippen molar-refractivity contribution in [2.45, 2.75) is 79.3 Å². The Morgan fingerprint density at radius 2 is 1.72 bits per heavy atom. The molecule has 5 rings (SSSR count). The van der Waals surface area contributed by atoms with Gasteiger partial charge in [-0.2, -0.15) is 4.68 Å². The van der Waals surface area contributed by atoms with E-state index in [4.69, 9.17) is 26.3 Å². The first-order valence-electron chi connectivity index (χ1n) is 16.6. The average Bonchev–Trinajstić information content (AvgIpc) is 3.71. The summed E-state index contributed by atoms with van der Waals surface area (Å²) in [5.41, 5.74) is 5.89. The first-order valence-corrected chi connectivity index (χ1v) is 16.9. The quantitative estimate of drug-likeness (QED) is 0.120. The number of rotatable bonds is 16. The van der Waals surface area contributed by atoms with Gasteiger partial charge in [0.15, 0.2) is 17.2 Å². The molecule has 0 bridgehead atoms. The van der Waals surface area contributed by atoms with Crippen LogP contribution in [0.2, 0.25) is 5.15 Å². The Bertz CT molecular complexity index is 1730. The molecular formula is C36H45ClN8O2. The molecular weight excluding hydrogens is 612 g/mol. The highest BCUT2D eigenvalue weighted by Crippen LogP contribution is 2.35. The van der Waals surface area contributed by atoms with Crippen LogP contribution in [0.25, 0.3) is 22.5 Å². The Hall–Kier alpha value is -3.96. The van der Waals surface area contributed by atoms with E-state index in [0.717, 1.165) is 66.1 Å². The smallest absolute Gasteiger partial charge is 0.185 e. The van der Waals surface area contributed by atoms with E-state index < -0.39 is 6.10 Å². The molecule has 248 valence electrons. The van der Waals surface area contributed by atoms with E-state index >= 15 is 0 Å². The number of halogens is 1. The molecule has 2 aromatic carbocycles. The van der Waals surface area contributed by atoms with Crippen molar-refractivity contribution in [1.82, 2.24) is 39.6 Å². The van der Waals surface area contributed by atoms with Gasteiger partial charge in [0.2, 0.25) is 0 Å². The van der Waals surface area contributed by atoms with E-state index in [2.05, 4.69) is 76.1 Å². The molecule has 0 radical (unpaired) electrons. The molecule has 0 spiro atoms. The zero-order chi connectivity index (χ0) is 33.3. The van der Waals surface area contributed by atoms with Crippen molar-refractivity contribution in [3.63, 3.8) is 0 Å². The van der Waals surface area contributed by atoms with Gasteiger partial charge in [-0.15, -0.1) is 5.10 Å². The van der Waals surface area contributed by atoms with Gasteiger partial charge in [0.1, 0.15) is 11.9 Å². The number of unbranched alkanes of at least 4 members (excludes halogenated alkanes) is 1. The lowest BCUT2D eigenvalue weighted by Gasteiger charge is -2.20. The Morgan fingerprint density at radius 1 is 0.936 bits per heavy atom. The van der Waals surface area contributed by atoms with Crippen LogP contribution >= 0.6 is 11.6 Å². The largest absolute Gasteiger partial charge is 0.380 e. The summed E-state index contributed by atoms with van der Waals surface area (Å²) in [4.78, 5) is 11.9. The molecule has 2 unspecified atom stereocenters. The third-order valence-corrected chi connectivity index (χ3v) is 8.72. The van der Waals surface area contributed by atoms with Gasteiger partial charge >= 0.3 is 0 Å². The first-order chi connectivity index (χ1) is 22.9. The standard InChI is InChI=1S/C36H45ClN8O2/c1-6-10-19-32-39-35(37)33(34(46)31-18-14-17-28(38-31)24-43(7-2)8-3)44(32)23-26-20-21-29(27-15-12-11-13-16-27)30(22-26)36-40-41-42-45(36)25(5)47-9-4/h11-18,20-22,25,34,46H,6-10,19,23-24H2,1-5H3. The van der Waals surface area contributed by atoms with Gasteiger partial charge in [-0.3, -0.25) is 9.88 Å². The minimum Gasteiger partial charge on any atom is -0.380 e. The predicted molar refractivity (Wildman–Crippen MR) is 185 cm³/mol. The molecule has 0 aliphatic carbocycles. The molecule has 2 atom stereocenters. The minimum atomic E-state index is -1.05. The third-order valence-electron chi connectivity index (χ3n) is 8.44. The second-order valence-corrected chi connectivity index (χ2v) is 11.9. The van der Waals surface area contributed by atoms with Crippen LogP contribution < -0.4 is 0 Å². The van der Waals surface area contributed by atoms with E-state index in [0.29, 0.717) is 36.9 Å². The molecule has 0 saturated heterocycles. The number of imidazole rings is 1. The number of aliphatic hydroxyl groups is 1. The number of nitrogens with zero attached hydrogens (tertiary/aromatic N) is 8. The number of aliphatic hydroxyl groups excluding tert-OH is 1. The summed E-state index contributed by atoms with van der Waals surface area (Å²) in [6.45, 7) is 13.8. The number of aromatic nitrogens is 7. The monoisotopic (exact) mass is 656 g/mol. The SMILES string of the molecule is CCCCc1nc(Cl)c(C(O)c2cccc(CN(CC)CC)n2)n1Cc1ccc(-c2ccccc2)c(-c2nnnn2C(C)OCC)c1. The average molecular weight is 657 g/mol. The highest BCUT2D eigenvalue weighted by atomic mass is 35.5. The summed E-state index contributed by atoms with van der Waals surface area (Å²) in [6.07, 6.45) is 1.29. The van der Waals surface area contributed by atoms with Gasteiger partial charge in [-0.05, 0) is 78.7 Å². The van der Waals surface area contributed by atoms with E-state index in [1.807, 2.05) is 50.2 Å². The van der Waals surface area contributed by atoms with Crippen LogP contribution in [0.4, 0.5) is 0 Å². The number of hydrogen-bond donors (Lipinski definition) is 1. The molecule has 5 aromatic rings.